The van der Waals surface area contributed by atoms with E-state index in [1.54, 1.807) is 12.1 Å². The Morgan fingerprint density at radius 3 is 2.36 bits per heavy atom. The number of carboxylic acids is 1. The number of nitrogens with one attached hydrogen (secondary N) is 1. The summed E-state index contributed by atoms with van der Waals surface area (Å²) in [6.45, 7) is 1.39. The highest BCUT2D eigenvalue weighted by atomic mass is 16.4. The SMILES string of the molecule is O=C(NCC(Cc1ccccc1)C(=O)O)c1ccc(CN2CCCC2=O)cc1. The maximum absolute atomic E-state index is 12.4. The monoisotopic (exact) mass is 380 g/mol. The van der Waals surface area contributed by atoms with E-state index >= 15 is 0 Å². The average molecular weight is 380 g/mol. The molecule has 0 saturated carbocycles. The maximum Gasteiger partial charge on any atom is 0.308 e. The van der Waals surface area contributed by atoms with Crippen molar-refractivity contribution < 1.29 is 19.5 Å². The highest BCUT2D eigenvalue weighted by Crippen LogP contribution is 2.15. The molecular weight excluding hydrogens is 356 g/mol. The first kappa shape index (κ1) is 19.6. The number of carboxylic acid groups (broad SMARTS) is 1. The summed E-state index contributed by atoms with van der Waals surface area (Å²) in [7, 11) is 0. The van der Waals surface area contributed by atoms with E-state index in [1.165, 1.54) is 0 Å². The Morgan fingerprint density at radius 2 is 1.75 bits per heavy atom. The summed E-state index contributed by atoms with van der Waals surface area (Å²) in [6.07, 6.45) is 1.86. The zero-order valence-electron chi connectivity index (χ0n) is 15.6. The molecule has 1 heterocycles. The van der Waals surface area contributed by atoms with Gasteiger partial charge in [0.25, 0.3) is 5.91 Å². The van der Waals surface area contributed by atoms with Gasteiger partial charge in [0, 0.05) is 31.6 Å². The summed E-state index contributed by atoms with van der Waals surface area (Å²) in [5, 5.41) is 12.1. The van der Waals surface area contributed by atoms with Crippen LogP contribution in [0.3, 0.4) is 0 Å². The van der Waals surface area contributed by atoms with Crippen molar-refractivity contribution >= 4 is 17.8 Å². The van der Waals surface area contributed by atoms with Gasteiger partial charge >= 0.3 is 5.97 Å². The molecule has 0 spiro atoms. The molecule has 0 aliphatic carbocycles. The number of aliphatic carboxylic acids is 1. The van der Waals surface area contributed by atoms with Gasteiger partial charge in [0.15, 0.2) is 0 Å². The summed E-state index contributed by atoms with van der Waals surface area (Å²) in [5.74, 6) is -1.76. The zero-order valence-corrected chi connectivity index (χ0v) is 15.6. The lowest BCUT2D eigenvalue weighted by molar-refractivity contribution is -0.141. The van der Waals surface area contributed by atoms with Crippen LogP contribution in [-0.4, -0.2) is 40.9 Å². The lowest BCUT2D eigenvalue weighted by Crippen LogP contribution is -2.34. The molecule has 0 aromatic heterocycles. The standard InChI is InChI=1S/C22H24N2O4/c25-20-7-4-12-24(20)15-17-8-10-18(11-9-17)21(26)23-14-19(22(27)28)13-16-5-2-1-3-6-16/h1-3,5-6,8-11,19H,4,7,12-15H2,(H,23,26)(H,27,28). The van der Waals surface area contributed by atoms with Gasteiger partial charge in [0.1, 0.15) is 0 Å². The minimum absolute atomic E-state index is 0.0626. The number of carbonyl (C=O) groups excluding carboxylic acids is 2. The summed E-state index contributed by atoms with van der Waals surface area (Å²) in [6, 6.07) is 16.4. The normalized spacial score (nSPS) is 14.7. The van der Waals surface area contributed by atoms with Gasteiger partial charge in [0.05, 0.1) is 5.92 Å². The number of hydrogen-bond donors (Lipinski definition) is 2. The summed E-state index contributed by atoms with van der Waals surface area (Å²) >= 11 is 0. The molecule has 1 aliphatic heterocycles. The van der Waals surface area contributed by atoms with Gasteiger partial charge in [-0.15, -0.1) is 0 Å². The molecule has 1 fully saturated rings. The first-order valence-corrected chi connectivity index (χ1v) is 9.44. The lowest BCUT2D eigenvalue weighted by atomic mass is 9.99. The topological polar surface area (TPSA) is 86.7 Å². The van der Waals surface area contributed by atoms with Crippen LogP contribution in [-0.2, 0) is 22.6 Å². The van der Waals surface area contributed by atoms with Crippen molar-refractivity contribution in [1.82, 2.24) is 10.2 Å². The summed E-state index contributed by atoms with van der Waals surface area (Å²) in [4.78, 5) is 37.4. The van der Waals surface area contributed by atoms with Crippen LogP contribution in [0.1, 0.15) is 34.3 Å². The molecule has 1 aliphatic rings. The maximum atomic E-state index is 12.4. The Hall–Kier alpha value is -3.15. The Labute approximate surface area is 164 Å². The smallest absolute Gasteiger partial charge is 0.308 e. The molecule has 1 saturated heterocycles. The van der Waals surface area contributed by atoms with Gasteiger partial charge in [-0.3, -0.25) is 14.4 Å². The predicted molar refractivity (Wildman–Crippen MR) is 105 cm³/mol. The van der Waals surface area contributed by atoms with Gasteiger partial charge in [-0.25, -0.2) is 0 Å². The number of benzene rings is 2. The Morgan fingerprint density at radius 1 is 1.04 bits per heavy atom. The second-order valence-electron chi connectivity index (χ2n) is 7.05. The van der Waals surface area contributed by atoms with Crippen molar-refractivity contribution in [2.45, 2.75) is 25.8 Å². The zero-order chi connectivity index (χ0) is 19.9. The van der Waals surface area contributed by atoms with E-state index in [2.05, 4.69) is 5.32 Å². The molecule has 0 bridgehead atoms. The average Bonchev–Trinajstić information content (AvgIpc) is 3.10. The first-order valence-electron chi connectivity index (χ1n) is 9.44. The van der Waals surface area contributed by atoms with Gasteiger partial charge in [-0.1, -0.05) is 42.5 Å². The van der Waals surface area contributed by atoms with E-state index in [-0.39, 0.29) is 18.4 Å². The second kappa shape index (κ2) is 9.17. The molecule has 146 valence electrons. The fraction of sp³-hybridized carbons (Fsp3) is 0.318. The van der Waals surface area contributed by atoms with Crippen LogP contribution >= 0.6 is 0 Å². The first-order chi connectivity index (χ1) is 13.5. The molecule has 6 nitrogen and oxygen atoms in total. The number of hydrogen-bond acceptors (Lipinski definition) is 3. The lowest BCUT2D eigenvalue weighted by Gasteiger charge is -2.16. The van der Waals surface area contributed by atoms with Crippen LogP contribution in [0.15, 0.2) is 54.6 Å². The molecule has 2 aromatic carbocycles. The van der Waals surface area contributed by atoms with Crippen molar-refractivity contribution in [2.75, 3.05) is 13.1 Å². The number of likely N-dealkylation sites (tertiary alicyclic amines) is 1. The Balaban J connectivity index is 1.54. The third kappa shape index (κ3) is 5.19. The van der Waals surface area contributed by atoms with E-state index in [4.69, 9.17) is 0 Å². The minimum atomic E-state index is -0.935. The molecule has 2 amide bonds. The molecule has 28 heavy (non-hydrogen) atoms. The van der Waals surface area contributed by atoms with Crippen molar-refractivity contribution in [3.05, 3.63) is 71.3 Å². The molecule has 2 N–H and O–H groups in total. The molecule has 2 aromatic rings. The molecule has 1 atom stereocenters. The van der Waals surface area contributed by atoms with Crippen molar-refractivity contribution in [2.24, 2.45) is 5.92 Å². The molecule has 3 rings (SSSR count). The Kier molecular flexibility index (Phi) is 6.42. The fourth-order valence-corrected chi connectivity index (χ4v) is 3.32. The van der Waals surface area contributed by atoms with E-state index in [9.17, 15) is 19.5 Å². The van der Waals surface area contributed by atoms with Crippen molar-refractivity contribution in [1.29, 1.82) is 0 Å². The number of amides is 2. The molecule has 0 radical (unpaired) electrons. The minimum Gasteiger partial charge on any atom is -0.481 e. The van der Waals surface area contributed by atoms with Crippen LogP contribution in [0, 0.1) is 5.92 Å². The molecule has 6 heteroatoms. The van der Waals surface area contributed by atoms with E-state index in [0.29, 0.717) is 24.9 Å². The third-order valence-corrected chi connectivity index (χ3v) is 4.94. The van der Waals surface area contributed by atoms with E-state index in [1.807, 2.05) is 47.4 Å². The van der Waals surface area contributed by atoms with Crippen LogP contribution in [0.5, 0.6) is 0 Å². The highest BCUT2D eigenvalue weighted by Gasteiger charge is 2.21. The molecule has 1 unspecified atom stereocenters. The molecular formula is C22H24N2O4. The van der Waals surface area contributed by atoms with Crippen LogP contribution in [0.25, 0.3) is 0 Å². The van der Waals surface area contributed by atoms with Gasteiger partial charge < -0.3 is 15.3 Å². The van der Waals surface area contributed by atoms with Crippen LogP contribution in [0.2, 0.25) is 0 Å². The quantitative estimate of drug-likeness (QED) is 0.737. The van der Waals surface area contributed by atoms with Crippen LogP contribution < -0.4 is 5.32 Å². The summed E-state index contributed by atoms with van der Waals surface area (Å²) < 4.78 is 0. The van der Waals surface area contributed by atoms with Crippen molar-refractivity contribution in [3.63, 3.8) is 0 Å². The van der Waals surface area contributed by atoms with E-state index < -0.39 is 11.9 Å². The van der Waals surface area contributed by atoms with Crippen LogP contribution in [0.4, 0.5) is 0 Å². The van der Waals surface area contributed by atoms with Gasteiger partial charge in [0.2, 0.25) is 5.91 Å². The fourth-order valence-electron chi connectivity index (χ4n) is 3.32. The van der Waals surface area contributed by atoms with Crippen molar-refractivity contribution in [3.8, 4) is 0 Å². The Bertz CT molecular complexity index is 833. The summed E-state index contributed by atoms with van der Waals surface area (Å²) in [5.41, 5.74) is 2.37. The third-order valence-electron chi connectivity index (χ3n) is 4.94. The second-order valence-corrected chi connectivity index (χ2v) is 7.05. The highest BCUT2D eigenvalue weighted by molar-refractivity contribution is 5.94. The predicted octanol–water partition coefficient (Wildman–Crippen LogP) is 2.48. The number of carbonyl (C=O) groups is 3. The van der Waals surface area contributed by atoms with Gasteiger partial charge in [-0.2, -0.15) is 0 Å². The van der Waals surface area contributed by atoms with E-state index in [0.717, 1.165) is 24.1 Å². The number of nitrogens with zero attached hydrogens (tertiary/aromatic N) is 1. The number of rotatable bonds is 8. The largest absolute Gasteiger partial charge is 0.481 e. The van der Waals surface area contributed by atoms with Gasteiger partial charge in [-0.05, 0) is 36.1 Å².